The number of allylic oxidation sites excluding steroid dienone is 5. The van der Waals surface area contributed by atoms with Crippen molar-refractivity contribution in [3.63, 3.8) is 0 Å². The van der Waals surface area contributed by atoms with E-state index in [0.29, 0.717) is 17.1 Å². The number of benzene rings is 1. The van der Waals surface area contributed by atoms with Gasteiger partial charge in [-0.3, -0.25) is 0 Å². The predicted molar refractivity (Wildman–Crippen MR) is 93.7 cm³/mol. The van der Waals surface area contributed by atoms with Crippen LogP contribution in [0.4, 0.5) is 5.82 Å². The lowest BCUT2D eigenvalue weighted by Crippen LogP contribution is -1.99. The molecular formula is C19H18N4O. The maximum absolute atomic E-state index is 8.90. The van der Waals surface area contributed by atoms with E-state index in [4.69, 9.17) is 15.7 Å². The first-order chi connectivity index (χ1) is 11.6. The van der Waals surface area contributed by atoms with Crippen molar-refractivity contribution in [3.05, 3.63) is 71.2 Å². The number of ether oxygens (including phenoxy) is 1. The van der Waals surface area contributed by atoms with E-state index >= 15 is 0 Å². The molecule has 3 rings (SSSR count). The SMILES string of the molecule is CC1=CC=C(Oc2c(N)nn(-c3ccc(C#N)cc3)c2C)C=CC1. The number of nitrogens with zero attached hydrogens (tertiary/aromatic N) is 3. The fraction of sp³-hybridized carbons (Fsp3) is 0.158. The Bertz CT molecular complexity index is 893. The van der Waals surface area contributed by atoms with Crippen LogP contribution in [0.1, 0.15) is 24.6 Å². The van der Waals surface area contributed by atoms with E-state index in [9.17, 15) is 0 Å². The van der Waals surface area contributed by atoms with E-state index in [2.05, 4.69) is 24.2 Å². The summed E-state index contributed by atoms with van der Waals surface area (Å²) in [6, 6.07) is 9.26. The fourth-order valence-electron chi connectivity index (χ4n) is 2.46. The summed E-state index contributed by atoms with van der Waals surface area (Å²) >= 11 is 0. The molecule has 1 heterocycles. The summed E-state index contributed by atoms with van der Waals surface area (Å²) in [6.45, 7) is 3.98. The average molecular weight is 318 g/mol. The molecule has 2 N–H and O–H groups in total. The highest BCUT2D eigenvalue weighted by Crippen LogP contribution is 2.30. The number of hydrogen-bond donors (Lipinski definition) is 1. The van der Waals surface area contributed by atoms with E-state index < -0.39 is 0 Å². The molecule has 5 nitrogen and oxygen atoms in total. The van der Waals surface area contributed by atoms with Gasteiger partial charge in [0.1, 0.15) is 5.76 Å². The van der Waals surface area contributed by atoms with E-state index in [1.165, 1.54) is 5.57 Å². The quantitative estimate of drug-likeness (QED) is 0.933. The van der Waals surface area contributed by atoms with Gasteiger partial charge in [0.25, 0.3) is 0 Å². The van der Waals surface area contributed by atoms with Crippen LogP contribution in [0, 0.1) is 18.3 Å². The third-order valence-electron chi connectivity index (χ3n) is 3.80. The maximum atomic E-state index is 8.90. The summed E-state index contributed by atoms with van der Waals surface area (Å²) in [5, 5.41) is 13.3. The second kappa shape index (κ2) is 6.47. The Labute approximate surface area is 141 Å². The van der Waals surface area contributed by atoms with Gasteiger partial charge in [0.05, 0.1) is 23.0 Å². The van der Waals surface area contributed by atoms with Gasteiger partial charge in [0.15, 0.2) is 11.6 Å². The zero-order valence-corrected chi connectivity index (χ0v) is 13.7. The van der Waals surface area contributed by atoms with Crippen LogP contribution < -0.4 is 10.5 Å². The topological polar surface area (TPSA) is 76.9 Å². The van der Waals surface area contributed by atoms with E-state index in [0.717, 1.165) is 23.6 Å². The lowest BCUT2D eigenvalue weighted by atomic mass is 10.2. The molecular weight excluding hydrogens is 300 g/mol. The molecule has 1 aromatic heterocycles. The van der Waals surface area contributed by atoms with Gasteiger partial charge in [0.2, 0.25) is 0 Å². The van der Waals surface area contributed by atoms with Crippen LogP contribution in [0.15, 0.2) is 59.9 Å². The molecule has 1 aliphatic carbocycles. The van der Waals surface area contributed by atoms with Gasteiger partial charge in [0, 0.05) is 0 Å². The molecule has 0 unspecified atom stereocenters. The van der Waals surface area contributed by atoms with Gasteiger partial charge in [-0.2, -0.15) is 5.26 Å². The average Bonchev–Trinajstić information content (AvgIpc) is 2.75. The molecule has 0 radical (unpaired) electrons. The Morgan fingerprint density at radius 1 is 1.21 bits per heavy atom. The van der Waals surface area contributed by atoms with Crippen molar-refractivity contribution >= 4 is 5.82 Å². The highest BCUT2D eigenvalue weighted by Gasteiger charge is 2.16. The third kappa shape index (κ3) is 3.08. The van der Waals surface area contributed by atoms with E-state index in [1.807, 2.05) is 37.3 Å². The van der Waals surface area contributed by atoms with Gasteiger partial charge < -0.3 is 10.5 Å². The highest BCUT2D eigenvalue weighted by atomic mass is 16.5. The minimum Gasteiger partial charge on any atom is -0.452 e. The normalized spacial score (nSPS) is 13.7. The van der Waals surface area contributed by atoms with Gasteiger partial charge in [-0.1, -0.05) is 17.7 Å². The Hall–Kier alpha value is -3.26. The van der Waals surface area contributed by atoms with Crippen LogP contribution in [0.5, 0.6) is 5.75 Å². The first-order valence-corrected chi connectivity index (χ1v) is 7.66. The second-order valence-corrected chi connectivity index (χ2v) is 5.66. The number of aromatic nitrogens is 2. The first kappa shape index (κ1) is 15.6. The van der Waals surface area contributed by atoms with Crippen LogP contribution in [-0.2, 0) is 0 Å². The van der Waals surface area contributed by atoms with Crippen LogP contribution in [0.3, 0.4) is 0 Å². The Balaban J connectivity index is 1.93. The van der Waals surface area contributed by atoms with Crippen molar-refractivity contribution in [1.29, 1.82) is 5.26 Å². The molecule has 0 amide bonds. The molecule has 0 saturated carbocycles. The minimum absolute atomic E-state index is 0.330. The lowest BCUT2D eigenvalue weighted by molar-refractivity contribution is 0.443. The second-order valence-electron chi connectivity index (χ2n) is 5.66. The number of rotatable bonds is 3. The monoisotopic (exact) mass is 318 g/mol. The molecule has 24 heavy (non-hydrogen) atoms. The zero-order valence-electron chi connectivity index (χ0n) is 13.7. The molecule has 0 aliphatic heterocycles. The van der Waals surface area contributed by atoms with Crippen LogP contribution in [0.25, 0.3) is 5.69 Å². The van der Waals surface area contributed by atoms with Gasteiger partial charge in [-0.25, -0.2) is 4.68 Å². The number of hydrogen-bond acceptors (Lipinski definition) is 4. The van der Waals surface area contributed by atoms with Crippen molar-refractivity contribution in [2.45, 2.75) is 20.3 Å². The van der Waals surface area contributed by atoms with Crippen LogP contribution >= 0.6 is 0 Å². The van der Waals surface area contributed by atoms with Crippen molar-refractivity contribution in [3.8, 4) is 17.5 Å². The van der Waals surface area contributed by atoms with Gasteiger partial charge >= 0.3 is 0 Å². The summed E-state index contributed by atoms with van der Waals surface area (Å²) in [6.07, 6.45) is 8.86. The summed E-state index contributed by atoms with van der Waals surface area (Å²) < 4.78 is 7.68. The summed E-state index contributed by atoms with van der Waals surface area (Å²) in [7, 11) is 0. The van der Waals surface area contributed by atoms with E-state index in [1.54, 1.807) is 16.8 Å². The summed E-state index contributed by atoms with van der Waals surface area (Å²) in [5.74, 6) is 1.60. The van der Waals surface area contributed by atoms with Crippen molar-refractivity contribution < 1.29 is 4.74 Å². The lowest BCUT2D eigenvalue weighted by Gasteiger charge is -2.07. The van der Waals surface area contributed by atoms with Gasteiger partial charge in [-0.05, 0) is 56.7 Å². The van der Waals surface area contributed by atoms with Crippen molar-refractivity contribution in [2.75, 3.05) is 5.73 Å². The molecule has 2 aromatic rings. The number of nitrogens with two attached hydrogens (primary N) is 1. The molecule has 1 aliphatic rings. The number of nitriles is 1. The smallest absolute Gasteiger partial charge is 0.192 e. The number of anilines is 1. The van der Waals surface area contributed by atoms with Crippen LogP contribution in [-0.4, -0.2) is 9.78 Å². The summed E-state index contributed by atoms with van der Waals surface area (Å²) in [5.41, 5.74) is 9.54. The highest BCUT2D eigenvalue weighted by molar-refractivity contribution is 5.54. The minimum atomic E-state index is 0.330. The maximum Gasteiger partial charge on any atom is 0.192 e. The van der Waals surface area contributed by atoms with Gasteiger partial charge in [-0.15, -0.1) is 5.10 Å². The van der Waals surface area contributed by atoms with Crippen molar-refractivity contribution in [2.24, 2.45) is 0 Å². The first-order valence-electron chi connectivity index (χ1n) is 7.66. The molecule has 1 aromatic carbocycles. The Kier molecular flexibility index (Phi) is 4.21. The summed E-state index contributed by atoms with van der Waals surface area (Å²) in [4.78, 5) is 0. The van der Waals surface area contributed by atoms with Crippen LogP contribution in [0.2, 0.25) is 0 Å². The Morgan fingerprint density at radius 3 is 2.67 bits per heavy atom. The zero-order chi connectivity index (χ0) is 17.1. The van der Waals surface area contributed by atoms with Crippen molar-refractivity contribution in [1.82, 2.24) is 9.78 Å². The Morgan fingerprint density at radius 2 is 1.96 bits per heavy atom. The number of nitrogen functional groups attached to an aromatic ring is 1. The molecule has 0 atom stereocenters. The molecule has 120 valence electrons. The molecule has 0 saturated heterocycles. The molecule has 0 fully saturated rings. The standard InChI is InChI=1S/C19H18N4O/c1-13-4-3-5-17(11-6-13)24-18-14(2)23(22-19(18)21)16-9-7-15(12-20)8-10-16/h3,5-11H,4H2,1-2H3,(H2,21,22). The third-order valence-corrected chi connectivity index (χ3v) is 3.80. The predicted octanol–water partition coefficient (Wildman–Crippen LogP) is 3.80. The largest absolute Gasteiger partial charge is 0.452 e. The fourth-order valence-corrected chi connectivity index (χ4v) is 2.46. The molecule has 0 bridgehead atoms. The van der Waals surface area contributed by atoms with E-state index in [-0.39, 0.29) is 0 Å². The molecule has 5 heteroatoms. The molecule has 0 spiro atoms.